The van der Waals surface area contributed by atoms with Gasteiger partial charge < -0.3 is 4.90 Å². The number of nitrogens with zero attached hydrogens (tertiary/aromatic N) is 2. The van der Waals surface area contributed by atoms with E-state index >= 15 is 0 Å². The number of halogens is 1. The van der Waals surface area contributed by atoms with Gasteiger partial charge in [0, 0.05) is 36.8 Å². The third-order valence-corrected chi connectivity index (χ3v) is 7.52. The van der Waals surface area contributed by atoms with Crippen LogP contribution in [0.2, 0.25) is 5.02 Å². The summed E-state index contributed by atoms with van der Waals surface area (Å²) in [5.41, 5.74) is 1.19. The van der Waals surface area contributed by atoms with Crippen molar-refractivity contribution in [3.05, 3.63) is 64.7 Å². The van der Waals surface area contributed by atoms with E-state index in [-0.39, 0.29) is 16.8 Å². The first-order valence-corrected chi connectivity index (χ1v) is 11.2. The van der Waals surface area contributed by atoms with Gasteiger partial charge in [0.1, 0.15) is 0 Å². The third-order valence-electron chi connectivity index (χ3n) is 5.14. The zero-order valence-corrected chi connectivity index (χ0v) is 17.7. The zero-order chi connectivity index (χ0) is 20.3. The van der Waals surface area contributed by atoms with Crippen molar-refractivity contribution in [1.82, 2.24) is 9.21 Å². The Morgan fingerprint density at radius 2 is 1.93 bits per heavy atom. The van der Waals surface area contributed by atoms with E-state index in [2.05, 4.69) is 0 Å². The van der Waals surface area contributed by atoms with E-state index in [9.17, 15) is 13.2 Å². The Morgan fingerprint density at radius 1 is 1.18 bits per heavy atom. The summed E-state index contributed by atoms with van der Waals surface area (Å²) >= 11 is 6.18. The van der Waals surface area contributed by atoms with Crippen molar-refractivity contribution in [3.63, 3.8) is 0 Å². The van der Waals surface area contributed by atoms with Crippen LogP contribution in [0.3, 0.4) is 0 Å². The molecule has 1 aliphatic rings. The van der Waals surface area contributed by atoms with Crippen LogP contribution in [0.4, 0.5) is 0 Å². The molecule has 2 aromatic rings. The van der Waals surface area contributed by atoms with Crippen LogP contribution in [0.5, 0.6) is 0 Å². The molecule has 0 spiro atoms. The van der Waals surface area contributed by atoms with E-state index < -0.39 is 10.0 Å². The maximum absolute atomic E-state index is 13.1. The molecule has 0 aromatic heterocycles. The molecule has 0 bridgehead atoms. The topological polar surface area (TPSA) is 57.7 Å². The number of hydrogen-bond donors (Lipinski definition) is 0. The number of carbonyl (C=O) groups is 1. The van der Waals surface area contributed by atoms with Crippen molar-refractivity contribution in [2.24, 2.45) is 0 Å². The molecule has 1 amide bonds. The normalized spacial score (nSPS) is 18.0. The Bertz CT molecular complexity index is 962. The molecular weight excluding hydrogens is 396 g/mol. The maximum Gasteiger partial charge on any atom is 0.253 e. The van der Waals surface area contributed by atoms with Gasteiger partial charge in [-0.15, -0.1) is 0 Å². The van der Waals surface area contributed by atoms with Crippen molar-refractivity contribution in [3.8, 4) is 0 Å². The summed E-state index contributed by atoms with van der Waals surface area (Å²) < 4.78 is 27.7. The van der Waals surface area contributed by atoms with Crippen LogP contribution in [0.25, 0.3) is 0 Å². The molecule has 0 saturated carbocycles. The summed E-state index contributed by atoms with van der Waals surface area (Å²) in [5.74, 6) is -0.247. The van der Waals surface area contributed by atoms with Gasteiger partial charge in [-0.1, -0.05) is 42.3 Å². The highest BCUT2D eigenvalue weighted by atomic mass is 35.5. The van der Waals surface area contributed by atoms with Crippen LogP contribution >= 0.6 is 11.6 Å². The average molecular weight is 421 g/mol. The smallest absolute Gasteiger partial charge is 0.253 e. The molecule has 2 aromatic carbocycles. The fourth-order valence-corrected chi connectivity index (χ4v) is 5.47. The summed E-state index contributed by atoms with van der Waals surface area (Å²) in [6, 6.07) is 13.6. The quantitative estimate of drug-likeness (QED) is 0.729. The lowest BCUT2D eigenvalue weighted by atomic mass is 10.1. The van der Waals surface area contributed by atoms with E-state index in [4.69, 9.17) is 11.6 Å². The highest BCUT2D eigenvalue weighted by molar-refractivity contribution is 7.89. The van der Waals surface area contributed by atoms with Gasteiger partial charge in [0.2, 0.25) is 10.0 Å². The summed E-state index contributed by atoms with van der Waals surface area (Å²) in [6.07, 6.45) is 2.76. The van der Waals surface area contributed by atoms with Gasteiger partial charge in [-0.05, 0) is 49.6 Å². The van der Waals surface area contributed by atoms with Crippen LogP contribution in [0.1, 0.15) is 42.1 Å². The van der Waals surface area contributed by atoms with Crippen molar-refractivity contribution in [2.75, 3.05) is 13.6 Å². The zero-order valence-electron chi connectivity index (χ0n) is 16.1. The van der Waals surface area contributed by atoms with Gasteiger partial charge in [-0.3, -0.25) is 4.79 Å². The number of benzene rings is 2. The first-order chi connectivity index (χ1) is 13.3. The monoisotopic (exact) mass is 420 g/mol. The van der Waals surface area contributed by atoms with Gasteiger partial charge in [0.25, 0.3) is 5.91 Å². The molecule has 1 saturated heterocycles. The van der Waals surface area contributed by atoms with Crippen molar-refractivity contribution in [2.45, 2.75) is 43.7 Å². The minimum absolute atomic E-state index is 0.0268. The molecule has 0 radical (unpaired) electrons. The van der Waals surface area contributed by atoms with Crippen LogP contribution in [0, 0.1) is 0 Å². The van der Waals surface area contributed by atoms with Gasteiger partial charge in [0.05, 0.1) is 4.90 Å². The molecule has 1 atom stereocenters. The van der Waals surface area contributed by atoms with Crippen molar-refractivity contribution < 1.29 is 13.2 Å². The lowest BCUT2D eigenvalue weighted by Crippen LogP contribution is -2.42. The Labute approximate surface area is 172 Å². The van der Waals surface area contributed by atoms with E-state index in [1.807, 2.05) is 25.1 Å². The average Bonchev–Trinajstić information content (AvgIpc) is 2.69. The molecule has 7 heteroatoms. The summed E-state index contributed by atoms with van der Waals surface area (Å²) in [7, 11) is -1.94. The number of sulfonamides is 1. The minimum atomic E-state index is -3.62. The molecule has 1 unspecified atom stereocenters. The second-order valence-electron chi connectivity index (χ2n) is 7.24. The lowest BCUT2D eigenvalue weighted by Gasteiger charge is -2.32. The standard InChI is InChI=1S/C21H25ClN2O3S/c1-16-8-5-6-13-24(16)28(26,27)19-11-7-10-17(14-19)21(25)23(2)15-18-9-3-4-12-20(18)22/h3-4,7,9-12,14,16H,5-6,8,13,15H2,1-2H3. The molecule has 1 fully saturated rings. The molecule has 5 nitrogen and oxygen atoms in total. The molecular formula is C21H25ClN2O3S. The fraction of sp³-hybridized carbons (Fsp3) is 0.381. The van der Waals surface area contributed by atoms with Gasteiger partial charge in [-0.2, -0.15) is 4.31 Å². The molecule has 1 aliphatic heterocycles. The first kappa shape index (κ1) is 20.8. The second-order valence-corrected chi connectivity index (χ2v) is 9.54. The molecule has 0 aliphatic carbocycles. The number of carbonyl (C=O) groups excluding carboxylic acids is 1. The number of rotatable bonds is 5. The predicted octanol–water partition coefficient (Wildman–Crippen LogP) is 4.18. The molecule has 28 heavy (non-hydrogen) atoms. The maximum atomic E-state index is 13.1. The van der Waals surface area contributed by atoms with E-state index in [0.717, 1.165) is 24.8 Å². The molecule has 3 rings (SSSR count). The Morgan fingerprint density at radius 3 is 2.64 bits per heavy atom. The molecule has 150 valence electrons. The molecule has 1 heterocycles. The summed E-state index contributed by atoms with van der Waals surface area (Å²) in [4.78, 5) is 14.6. The highest BCUT2D eigenvalue weighted by Gasteiger charge is 2.31. The van der Waals surface area contributed by atoms with E-state index in [0.29, 0.717) is 23.7 Å². The fourth-order valence-electron chi connectivity index (χ4n) is 3.53. The van der Waals surface area contributed by atoms with Crippen LogP contribution in [-0.2, 0) is 16.6 Å². The lowest BCUT2D eigenvalue weighted by molar-refractivity contribution is 0.0785. The Kier molecular flexibility index (Phi) is 6.43. The number of hydrogen-bond acceptors (Lipinski definition) is 3. The minimum Gasteiger partial charge on any atom is -0.337 e. The van der Waals surface area contributed by atoms with Crippen LogP contribution < -0.4 is 0 Å². The number of piperidine rings is 1. The summed E-state index contributed by atoms with van der Waals surface area (Å²) in [5, 5.41) is 0.595. The largest absolute Gasteiger partial charge is 0.337 e. The van der Waals surface area contributed by atoms with Crippen LogP contribution in [0.15, 0.2) is 53.4 Å². The SMILES string of the molecule is CC1CCCCN1S(=O)(=O)c1cccc(C(=O)N(C)Cc2ccccc2Cl)c1. The highest BCUT2D eigenvalue weighted by Crippen LogP contribution is 2.26. The Hall–Kier alpha value is -1.89. The van der Waals surface area contributed by atoms with Gasteiger partial charge in [-0.25, -0.2) is 8.42 Å². The van der Waals surface area contributed by atoms with Gasteiger partial charge in [0.15, 0.2) is 0 Å². The predicted molar refractivity (Wildman–Crippen MR) is 111 cm³/mol. The third kappa shape index (κ3) is 4.40. The van der Waals surface area contributed by atoms with Crippen LogP contribution in [-0.4, -0.2) is 43.2 Å². The van der Waals surface area contributed by atoms with Crippen molar-refractivity contribution in [1.29, 1.82) is 0 Å². The molecule has 0 N–H and O–H groups in total. The first-order valence-electron chi connectivity index (χ1n) is 9.41. The van der Waals surface area contributed by atoms with E-state index in [1.54, 1.807) is 35.6 Å². The van der Waals surface area contributed by atoms with Gasteiger partial charge >= 0.3 is 0 Å². The van der Waals surface area contributed by atoms with Crippen molar-refractivity contribution >= 4 is 27.5 Å². The summed E-state index contributed by atoms with van der Waals surface area (Å²) in [6.45, 7) is 2.80. The second kappa shape index (κ2) is 8.64. The van der Waals surface area contributed by atoms with E-state index in [1.165, 1.54) is 11.0 Å². The Balaban J connectivity index is 1.82. The number of amides is 1.